The summed E-state index contributed by atoms with van der Waals surface area (Å²) in [6, 6.07) is 0. The zero-order chi connectivity index (χ0) is 11.6. The third-order valence-corrected chi connectivity index (χ3v) is 5.08. The van der Waals surface area contributed by atoms with Gasteiger partial charge in [-0.05, 0) is 32.1 Å². The van der Waals surface area contributed by atoms with Crippen molar-refractivity contribution in [2.75, 3.05) is 19.6 Å². The normalized spacial score (nSPS) is 26.3. The minimum Gasteiger partial charge on any atom is -0.389 e. The molecule has 2 rings (SSSR count). The highest BCUT2D eigenvalue weighted by molar-refractivity contribution is 7.87. The van der Waals surface area contributed by atoms with E-state index >= 15 is 0 Å². The quantitative estimate of drug-likeness (QED) is 0.748. The van der Waals surface area contributed by atoms with Crippen LogP contribution in [0.1, 0.15) is 38.5 Å². The first kappa shape index (κ1) is 12.3. The molecular weight excluding hydrogens is 228 g/mol. The lowest BCUT2D eigenvalue weighted by Crippen LogP contribution is -2.52. The number of hydrogen-bond donors (Lipinski definition) is 2. The monoisotopic (exact) mass is 248 g/mol. The Morgan fingerprint density at radius 2 is 1.75 bits per heavy atom. The average Bonchev–Trinajstić information content (AvgIpc) is 2.25. The van der Waals surface area contributed by atoms with Crippen molar-refractivity contribution in [3.05, 3.63) is 0 Å². The Hall–Kier alpha value is -0.170. The van der Waals surface area contributed by atoms with Crippen LogP contribution in [-0.2, 0) is 10.2 Å². The van der Waals surface area contributed by atoms with E-state index in [4.69, 9.17) is 0 Å². The molecule has 0 atom stereocenters. The van der Waals surface area contributed by atoms with Crippen LogP contribution in [0.2, 0.25) is 0 Å². The largest absolute Gasteiger partial charge is 0.389 e. The molecule has 16 heavy (non-hydrogen) atoms. The molecule has 94 valence electrons. The molecule has 1 aliphatic heterocycles. The molecule has 1 heterocycles. The molecule has 1 saturated carbocycles. The molecule has 0 bridgehead atoms. The molecule has 6 heteroatoms. The molecule has 1 saturated heterocycles. The number of aliphatic hydroxyl groups is 1. The van der Waals surface area contributed by atoms with E-state index in [1.807, 2.05) is 0 Å². The van der Waals surface area contributed by atoms with Crippen molar-refractivity contribution in [1.82, 2.24) is 9.03 Å². The van der Waals surface area contributed by atoms with Gasteiger partial charge in [0.05, 0.1) is 5.60 Å². The first-order chi connectivity index (χ1) is 7.52. The zero-order valence-electron chi connectivity index (χ0n) is 9.48. The van der Waals surface area contributed by atoms with Crippen LogP contribution < -0.4 is 4.72 Å². The van der Waals surface area contributed by atoms with Crippen molar-refractivity contribution in [2.45, 2.75) is 44.1 Å². The summed E-state index contributed by atoms with van der Waals surface area (Å²) in [4.78, 5) is 0. The summed E-state index contributed by atoms with van der Waals surface area (Å²) in [6.07, 6.45) is 5.37. The van der Waals surface area contributed by atoms with E-state index in [1.165, 1.54) is 4.31 Å². The van der Waals surface area contributed by atoms with Crippen molar-refractivity contribution < 1.29 is 13.5 Å². The second-order valence-electron chi connectivity index (χ2n) is 4.86. The second kappa shape index (κ2) is 4.60. The van der Waals surface area contributed by atoms with E-state index in [9.17, 15) is 13.5 Å². The van der Waals surface area contributed by atoms with E-state index in [2.05, 4.69) is 4.72 Å². The van der Waals surface area contributed by atoms with Crippen molar-refractivity contribution >= 4 is 10.2 Å². The summed E-state index contributed by atoms with van der Waals surface area (Å²) in [5, 5.41) is 9.83. The minimum absolute atomic E-state index is 0.159. The average molecular weight is 248 g/mol. The first-order valence-electron chi connectivity index (χ1n) is 5.99. The van der Waals surface area contributed by atoms with Gasteiger partial charge >= 0.3 is 0 Å². The van der Waals surface area contributed by atoms with Crippen LogP contribution >= 0.6 is 0 Å². The molecule has 2 N–H and O–H groups in total. The number of rotatable bonds is 4. The van der Waals surface area contributed by atoms with Crippen LogP contribution in [0.25, 0.3) is 0 Å². The third-order valence-electron chi connectivity index (χ3n) is 3.52. The van der Waals surface area contributed by atoms with Gasteiger partial charge in [0.2, 0.25) is 0 Å². The number of piperidine rings is 1. The van der Waals surface area contributed by atoms with Crippen LogP contribution in [-0.4, -0.2) is 43.1 Å². The standard InChI is InChI=1S/C10H20N2O3S/c13-10(5-4-6-10)9-11-16(14,15)12-7-2-1-3-8-12/h11,13H,1-9H2. The van der Waals surface area contributed by atoms with Crippen LogP contribution in [0, 0.1) is 0 Å². The third kappa shape index (κ3) is 2.74. The summed E-state index contributed by atoms with van der Waals surface area (Å²) in [6.45, 7) is 1.37. The topological polar surface area (TPSA) is 69.6 Å². The maximum Gasteiger partial charge on any atom is 0.279 e. The highest BCUT2D eigenvalue weighted by Crippen LogP contribution is 2.30. The molecular formula is C10H20N2O3S. The smallest absolute Gasteiger partial charge is 0.279 e. The summed E-state index contributed by atoms with van der Waals surface area (Å²) in [5.41, 5.74) is -0.789. The van der Waals surface area contributed by atoms with Gasteiger partial charge in [-0.1, -0.05) is 6.42 Å². The second-order valence-corrected chi connectivity index (χ2v) is 6.62. The Bertz CT molecular complexity index is 332. The van der Waals surface area contributed by atoms with Gasteiger partial charge in [0.1, 0.15) is 0 Å². The summed E-state index contributed by atoms with van der Waals surface area (Å²) < 4.78 is 27.8. The molecule has 1 aliphatic carbocycles. The molecule has 0 aromatic carbocycles. The lowest BCUT2D eigenvalue weighted by Gasteiger charge is -2.37. The Balaban J connectivity index is 1.86. The van der Waals surface area contributed by atoms with Crippen molar-refractivity contribution in [3.8, 4) is 0 Å². The van der Waals surface area contributed by atoms with E-state index < -0.39 is 15.8 Å². The fourth-order valence-electron chi connectivity index (χ4n) is 2.18. The highest BCUT2D eigenvalue weighted by atomic mass is 32.2. The molecule has 0 spiro atoms. The maximum atomic E-state index is 11.9. The van der Waals surface area contributed by atoms with E-state index in [0.717, 1.165) is 25.7 Å². The van der Waals surface area contributed by atoms with Crippen LogP contribution in [0.15, 0.2) is 0 Å². The molecule has 5 nitrogen and oxygen atoms in total. The zero-order valence-corrected chi connectivity index (χ0v) is 10.3. The number of hydrogen-bond acceptors (Lipinski definition) is 3. The van der Waals surface area contributed by atoms with Crippen molar-refractivity contribution in [1.29, 1.82) is 0 Å². The fourth-order valence-corrected chi connectivity index (χ4v) is 3.56. The molecule has 0 unspecified atom stereocenters. The van der Waals surface area contributed by atoms with Crippen molar-refractivity contribution in [3.63, 3.8) is 0 Å². The maximum absolute atomic E-state index is 11.9. The van der Waals surface area contributed by atoms with Gasteiger partial charge in [0.25, 0.3) is 10.2 Å². The van der Waals surface area contributed by atoms with Crippen molar-refractivity contribution in [2.24, 2.45) is 0 Å². The van der Waals surface area contributed by atoms with Crippen LogP contribution in [0.4, 0.5) is 0 Å². The van der Waals surface area contributed by atoms with Gasteiger partial charge in [-0.15, -0.1) is 0 Å². The predicted octanol–water partition coefficient (Wildman–Crippen LogP) is 0.222. The predicted molar refractivity (Wildman–Crippen MR) is 61.1 cm³/mol. The van der Waals surface area contributed by atoms with Gasteiger partial charge in [0, 0.05) is 19.6 Å². The Kier molecular flexibility index (Phi) is 3.53. The summed E-state index contributed by atoms with van der Waals surface area (Å²) in [7, 11) is -3.37. The summed E-state index contributed by atoms with van der Waals surface area (Å²) in [5.74, 6) is 0. The fraction of sp³-hybridized carbons (Fsp3) is 1.00. The van der Waals surface area contributed by atoms with Crippen LogP contribution in [0.5, 0.6) is 0 Å². The highest BCUT2D eigenvalue weighted by Gasteiger charge is 2.36. The molecule has 0 amide bonds. The van der Waals surface area contributed by atoms with E-state index in [1.54, 1.807) is 0 Å². The molecule has 0 aromatic rings. The lowest BCUT2D eigenvalue weighted by molar-refractivity contribution is -0.0273. The Morgan fingerprint density at radius 3 is 2.25 bits per heavy atom. The van der Waals surface area contributed by atoms with Gasteiger partial charge < -0.3 is 5.11 Å². The minimum atomic E-state index is -3.37. The number of nitrogens with one attached hydrogen (secondary N) is 1. The molecule has 2 fully saturated rings. The Morgan fingerprint density at radius 1 is 1.12 bits per heavy atom. The molecule has 2 aliphatic rings. The van der Waals surface area contributed by atoms with E-state index in [-0.39, 0.29) is 6.54 Å². The van der Waals surface area contributed by atoms with Gasteiger partial charge in [-0.2, -0.15) is 17.4 Å². The van der Waals surface area contributed by atoms with Gasteiger partial charge in [-0.3, -0.25) is 0 Å². The molecule has 0 radical (unpaired) electrons. The number of nitrogens with zero attached hydrogens (tertiary/aromatic N) is 1. The lowest BCUT2D eigenvalue weighted by atomic mass is 9.81. The van der Waals surface area contributed by atoms with E-state index in [0.29, 0.717) is 25.9 Å². The first-order valence-corrected chi connectivity index (χ1v) is 7.43. The van der Waals surface area contributed by atoms with Crippen LogP contribution in [0.3, 0.4) is 0 Å². The van der Waals surface area contributed by atoms with Gasteiger partial charge in [-0.25, -0.2) is 0 Å². The SMILES string of the molecule is O=S(=O)(NCC1(O)CCC1)N1CCCCC1. The Labute approximate surface area is 97.0 Å². The van der Waals surface area contributed by atoms with Gasteiger partial charge in [0.15, 0.2) is 0 Å². The molecule has 0 aromatic heterocycles. The summed E-state index contributed by atoms with van der Waals surface area (Å²) >= 11 is 0.